The Morgan fingerprint density at radius 1 is 0.950 bits per heavy atom. The molecule has 0 aliphatic heterocycles. The molecule has 1 atom stereocenters. The smallest absolute Gasteiger partial charge is 0.345 e. The Balaban J connectivity index is 3.35. The Bertz CT molecular complexity index is 1180. The molecule has 0 fully saturated rings. The molecule has 0 spiro atoms. The normalized spacial score (nSPS) is 14.6. The van der Waals surface area contributed by atoms with E-state index in [1.807, 2.05) is 0 Å². The monoisotopic (exact) mass is 644 g/mol. The summed E-state index contributed by atoms with van der Waals surface area (Å²) in [5.41, 5.74) is -1.94. The standard InChI is InChI=1S/C24H20Cl3F9N2O2/c1-3-12(18(28)8-15(22(2,29)30)14-6-16(25)20(27)17(26)7-14)4-5-13(9-23(31,32)33)21(40)37-10-19(39)38-11-24(34,35)36/h3-8,15H,1,9-11H2,2H3,(H,37,40)(H,38,39)/b12-4+,13-5+,18-8-. The number of alkyl halides is 8. The van der Waals surface area contributed by atoms with Gasteiger partial charge in [-0.15, -0.1) is 0 Å². The summed E-state index contributed by atoms with van der Waals surface area (Å²) in [6.45, 7) is 0.891. The lowest BCUT2D eigenvalue weighted by Gasteiger charge is -2.22. The molecule has 0 saturated carbocycles. The van der Waals surface area contributed by atoms with Crippen LogP contribution in [0.2, 0.25) is 15.1 Å². The van der Waals surface area contributed by atoms with Gasteiger partial charge in [0.15, 0.2) is 0 Å². The lowest BCUT2D eigenvalue weighted by Crippen LogP contribution is -2.41. The van der Waals surface area contributed by atoms with E-state index in [4.69, 9.17) is 34.8 Å². The molecular weight excluding hydrogens is 626 g/mol. The molecule has 0 bridgehead atoms. The number of rotatable bonds is 11. The minimum atomic E-state index is -4.97. The number of carbonyl (C=O) groups is 2. The molecular formula is C24H20Cl3F9N2O2. The van der Waals surface area contributed by atoms with Gasteiger partial charge in [-0.3, -0.25) is 9.59 Å². The summed E-state index contributed by atoms with van der Waals surface area (Å²) in [5, 5.41) is 2.57. The number of halogens is 12. The van der Waals surface area contributed by atoms with Crippen LogP contribution in [0.1, 0.15) is 24.8 Å². The van der Waals surface area contributed by atoms with Gasteiger partial charge in [-0.2, -0.15) is 26.3 Å². The summed E-state index contributed by atoms with van der Waals surface area (Å²) in [4.78, 5) is 23.6. The fraction of sp³-hybridized carbons (Fsp3) is 0.333. The highest BCUT2D eigenvalue weighted by Crippen LogP contribution is 2.41. The largest absolute Gasteiger partial charge is 0.405 e. The summed E-state index contributed by atoms with van der Waals surface area (Å²) < 4.78 is 119. The van der Waals surface area contributed by atoms with Crippen LogP contribution in [-0.4, -0.2) is 43.2 Å². The van der Waals surface area contributed by atoms with Gasteiger partial charge in [0.1, 0.15) is 12.4 Å². The van der Waals surface area contributed by atoms with E-state index in [9.17, 15) is 44.7 Å². The summed E-state index contributed by atoms with van der Waals surface area (Å²) in [7, 11) is 0. The highest BCUT2D eigenvalue weighted by molar-refractivity contribution is 6.48. The van der Waals surface area contributed by atoms with Gasteiger partial charge < -0.3 is 10.6 Å². The molecule has 0 saturated heterocycles. The summed E-state index contributed by atoms with van der Waals surface area (Å²) in [6.07, 6.45) is -9.29. The molecule has 1 unspecified atom stereocenters. The van der Waals surface area contributed by atoms with E-state index in [0.29, 0.717) is 25.2 Å². The second kappa shape index (κ2) is 14.3. The first-order valence-corrected chi connectivity index (χ1v) is 11.9. The SMILES string of the molecule is C=CC(=C\C=C(/CC(F)(F)F)C(=O)NCC(=O)NCC(F)(F)F)/C(F)=C/C(c1cc(Cl)c(Cl)c(Cl)c1)C(C)(F)F. The van der Waals surface area contributed by atoms with Gasteiger partial charge in [0.2, 0.25) is 11.8 Å². The molecule has 0 radical (unpaired) electrons. The Labute approximate surface area is 237 Å². The zero-order valence-electron chi connectivity index (χ0n) is 20.2. The lowest BCUT2D eigenvalue weighted by molar-refractivity contribution is -0.139. The Morgan fingerprint density at radius 2 is 1.50 bits per heavy atom. The van der Waals surface area contributed by atoms with E-state index in [0.717, 1.165) is 18.2 Å². The molecule has 2 N–H and O–H groups in total. The predicted molar refractivity (Wildman–Crippen MR) is 133 cm³/mol. The number of hydrogen-bond acceptors (Lipinski definition) is 2. The molecule has 16 heteroatoms. The van der Waals surface area contributed by atoms with Gasteiger partial charge in [0.05, 0.1) is 34.0 Å². The number of carbonyl (C=O) groups excluding carboxylic acids is 2. The van der Waals surface area contributed by atoms with Crippen LogP contribution in [0.25, 0.3) is 0 Å². The molecule has 1 aromatic carbocycles. The third kappa shape index (κ3) is 12.3. The molecule has 1 aromatic rings. The van der Waals surface area contributed by atoms with E-state index >= 15 is 4.39 Å². The molecule has 4 nitrogen and oxygen atoms in total. The van der Waals surface area contributed by atoms with Crippen molar-refractivity contribution in [2.45, 2.75) is 37.5 Å². The fourth-order valence-electron chi connectivity index (χ4n) is 2.93. The van der Waals surface area contributed by atoms with Crippen molar-refractivity contribution in [1.82, 2.24) is 10.6 Å². The minimum absolute atomic E-state index is 0.139. The summed E-state index contributed by atoms with van der Waals surface area (Å²) in [5.74, 6) is -9.82. The van der Waals surface area contributed by atoms with Crippen molar-refractivity contribution in [3.05, 3.63) is 80.6 Å². The molecule has 1 rings (SSSR count). The van der Waals surface area contributed by atoms with E-state index in [1.54, 1.807) is 5.32 Å². The second-order valence-electron chi connectivity index (χ2n) is 8.13. The topological polar surface area (TPSA) is 58.2 Å². The maximum absolute atomic E-state index is 15.0. The number of hydrogen-bond donors (Lipinski definition) is 2. The van der Waals surface area contributed by atoms with Crippen LogP contribution in [0.15, 0.2) is 60.0 Å². The third-order valence-electron chi connectivity index (χ3n) is 4.76. The van der Waals surface area contributed by atoms with Crippen LogP contribution in [-0.2, 0) is 9.59 Å². The van der Waals surface area contributed by atoms with E-state index in [1.165, 1.54) is 5.32 Å². The molecule has 40 heavy (non-hydrogen) atoms. The maximum Gasteiger partial charge on any atom is 0.405 e. The van der Waals surface area contributed by atoms with Crippen LogP contribution in [0, 0.1) is 0 Å². The van der Waals surface area contributed by atoms with E-state index in [2.05, 4.69) is 6.58 Å². The van der Waals surface area contributed by atoms with Gasteiger partial charge in [-0.1, -0.05) is 59.6 Å². The molecule has 2 amide bonds. The van der Waals surface area contributed by atoms with Crippen molar-refractivity contribution in [3.8, 4) is 0 Å². The number of allylic oxidation sites excluding steroid dienone is 6. The molecule has 0 aromatic heterocycles. The average molecular weight is 646 g/mol. The summed E-state index contributed by atoms with van der Waals surface area (Å²) in [6, 6.07) is 2.05. The van der Waals surface area contributed by atoms with Crippen LogP contribution in [0.3, 0.4) is 0 Å². The summed E-state index contributed by atoms with van der Waals surface area (Å²) >= 11 is 17.6. The van der Waals surface area contributed by atoms with Crippen molar-refractivity contribution >= 4 is 46.6 Å². The number of amides is 2. The van der Waals surface area contributed by atoms with Gasteiger partial charge >= 0.3 is 12.4 Å². The minimum Gasteiger partial charge on any atom is -0.345 e. The average Bonchev–Trinajstić information content (AvgIpc) is 2.80. The van der Waals surface area contributed by atoms with Gasteiger partial charge in [0.25, 0.3) is 5.92 Å². The van der Waals surface area contributed by atoms with E-state index < -0.39 is 72.5 Å². The fourth-order valence-corrected chi connectivity index (χ4v) is 3.55. The Kier molecular flexibility index (Phi) is 12.7. The van der Waals surface area contributed by atoms with E-state index in [-0.39, 0.29) is 20.6 Å². The first-order valence-electron chi connectivity index (χ1n) is 10.8. The van der Waals surface area contributed by atoms with Crippen molar-refractivity contribution in [3.63, 3.8) is 0 Å². The quantitative estimate of drug-likeness (QED) is 0.111. The zero-order valence-corrected chi connectivity index (χ0v) is 22.5. The first kappa shape index (κ1) is 35.4. The molecule has 0 aliphatic rings. The van der Waals surface area contributed by atoms with Crippen LogP contribution in [0.4, 0.5) is 39.5 Å². The van der Waals surface area contributed by atoms with Crippen molar-refractivity contribution in [2.75, 3.05) is 13.1 Å². The highest BCUT2D eigenvalue weighted by Gasteiger charge is 2.35. The van der Waals surface area contributed by atoms with Crippen LogP contribution >= 0.6 is 34.8 Å². The zero-order chi connectivity index (χ0) is 31.1. The van der Waals surface area contributed by atoms with Crippen molar-refractivity contribution < 1.29 is 49.1 Å². The first-order chi connectivity index (χ1) is 18.1. The maximum atomic E-state index is 15.0. The lowest BCUT2D eigenvalue weighted by atomic mass is 9.91. The molecule has 0 aliphatic carbocycles. The number of benzene rings is 1. The van der Waals surface area contributed by atoms with Crippen molar-refractivity contribution in [1.29, 1.82) is 0 Å². The van der Waals surface area contributed by atoms with Crippen molar-refractivity contribution in [2.24, 2.45) is 0 Å². The Morgan fingerprint density at radius 3 is 1.95 bits per heavy atom. The molecule has 222 valence electrons. The Hall–Kier alpha value is -2.64. The van der Waals surface area contributed by atoms with Gasteiger partial charge in [-0.25, -0.2) is 13.2 Å². The second-order valence-corrected chi connectivity index (χ2v) is 9.32. The predicted octanol–water partition coefficient (Wildman–Crippen LogP) is 8.02. The highest BCUT2D eigenvalue weighted by atomic mass is 35.5. The number of nitrogens with one attached hydrogen (secondary N) is 2. The van der Waals surface area contributed by atoms with Gasteiger partial charge in [-0.05, 0) is 23.8 Å². The molecule has 0 heterocycles. The van der Waals surface area contributed by atoms with Crippen LogP contribution in [0.5, 0.6) is 0 Å². The van der Waals surface area contributed by atoms with Gasteiger partial charge in [0, 0.05) is 18.1 Å². The van der Waals surface area contributed by atoms with Crippen LogP contribution < -0.4 is 10.6 Å². The third-order valence-corrected chi connectivity index (χ3v) is 5.96.